The van der Waals surface area contributed by atoms with Crippen LogP contribution >= 0.6 is 0 Å². The third kappa shape index (κ3) is 3.98. The molecular formula is C21H26FNO3. The summed E-state index contributed by atoms with van der Waals surface area (Å²) in [5.41, 5.74) is 3.15. The van der Waals surface area contributed by atoms with Crippen molar-refractivity contribution in [3.05, 3.63) is 47.9 Å². The Morgan fingerprint density at radius 1 is 1.19 bits per heavy atom. The molecule has 1 aliphatic rings. The van der Waals surface area contributed by atoms with Crippen molar-refractivity contribution in [2.75, 3.05) is 0 Å². The number of hydrogen-bond donors (Lipinski definition) is 1. The minimum atomic E-state index is -0.626. The molecule has 3 rings (SSSR count). The van der Waals surface area contributed by atoms with Crippen molar-refractivity contribution in [2.45, 2.75) is 64.2 Å². The molecule has 26 heavy (non-hydrogen) atoms. The SMILES string of the molecule is CC(C)c1ccc(-c2ccc(F)cc2)n1C(C)C[C@@H]1C[C@@H](O)CC(=O)O1. The third-order valence-electron chi connectivity index (χ3n) is 4.96. The second-order valence-electron chi connectivity index (χ2n) is 7.47. The highest BCUT2D eigenvalue weighted by Gasteiger charge is 2.29. The number of carbonyl (C=O) groups is 1. The summed E-state index contributed by atoms with van der Waals surface area (Å²) < 4.78 is 21.0. The minimum Gasteiger partial charge on any atom is -0.462 e. The van der Waals surface area contributed by atoms with Gasteiger partial charge in [-0.3, -0.25) is 4.79 Å². The van der Waals surface area contributed by atoms with E-state index >= 15 is 0 Å². The van der Waals surface area contributed by atoms with E-state index in [1.165, 1.54) is 17.8 Å². The van der Waals surface area contributed by atoms with E-state index in [2.05, 4.69) is 37.5 Å². The largest absolute Gasteiger partial charge is 0.462 e. The quantitative estimate of drug-likeness (QED) is 0.803. The molecule has 1 N–H and O–H groups in total. The number of halogens is 1. The summed E-state index contributed by atoms with van der Waals surface area (Å²) in [7, 11) is 0. The average molecular weight is 359 g/mol. The summed E-state index contributed by atoms with van der Waals surface area (Å²) in [5.74, 6) is -0.269. The fourth-order valence-electron chi connectivity index (χ4n) is 3.77. The van der Waals surface area contributed by atoms with Crippen LogP contribution in [0.15, 0.2) is 36.4 Å². The molecule has 0 spiro atoms. The smallest absolute Gasteiger partial charge is 0.308 e. The zero-order chi connectivity index (χ0) is 18.8. The molecule has 1 aromatic heterocycles. The van der Waals surface area contributed by atoms with E-state index in [9.17, 15) is 14.3 Å². The molecule has 2 aromatic rings. The number of aliphatic hydroxyl groups is 1. The van der Waals surface area contributed by atoms with Gasteiger partial charge in [0.1, 0.15) is 11.9 Å². The Morgan fingerprint density at radius 2 is 1.88 bits per heavy atom. The number of ether oxygens (including phenoxy) is 1. The number of esters is 1. The number of nitrogens with zero attached hydrogens (tertiary/aromatic N) is 1. The number of aliphatic hydroxyl groups excluding tert-OH is 1. The first-order valence-corrected chi connectivity index (χ1v) is 9.19. The molecule has 1 fully saturated rings. The zero-order valence-electron chi connectivity index (χ0n) is 15.5. The topological polar surface area (TPSA) is 51.5 Å². The van der Waals surface area contributed by atoms with E-state index in [-0.39, 0.29) is 30.4 Å². The summed E-state index contributed by atoms with van der Waals surface area (Å²) in [4.78, 5) is 11.6. The highest BCUT2D eigenvalue weighted by Crippen LogP contribution is 2.33. The fraction of sp³-hybridized carbons (Fsp3) is 0.476. The molecule has 1 aliphatic heterocycles. The number of cyclic esters (lactones) is 1. The maximum absolute atomic E-state index is 13.3. The first kappa shape index (κ1) is 18.6. The van der Waals surface area contributed by atoms with Gasteiger partial charge in [-0.1, -0.05) is 13.8 Å². The van der Waals surface area contributed by atoms with Crippen molar-refractivity contribution in [2.24, 2.45) is 0 Å². The number of carbonyl (C=O) groups excluding carboxylic acids is 1. The molecule has 4 nitrogen and oxygen atoms in total. The van der Waals surface area contributed by atoms with Crippen LogP contribution in [-0.4, -0.2) is 27.9 Å². The standard InChI is InChI=1S/C21H26FNO3/c1-13(2)19-8-9-20(15-4-6-16(22)7-5-15)23(19)14(3)10-18-11-17(24)12-21(25)26-18/h4-9,13-14,17-18,24H,10-12H2,1-3H3/t14?,17-,18-/m1/s1. The van der Waals surface area contributed by atoms with Crippen LogP contribution < -0.4 is 0 Å². The lowest BCUT2D eigenvalue weighted by Crippen LogP contribution is -2.34. The van der Waals surface area contributed by atoms with Gasteiger partial charge in [0.2, 0.25) is 0 Å². The number of aromatic nitrogens is 1. The lowest BCUT2D eigenvalue weighted by atomic mass is 9.99. The fourth-order valence-corrected chi connectivity index (χ4v) is 3.77. The van der Waals surface area contributed by atoms with Gasteiger partial charge >= 0.3 is 5.97 Å². The van der Waals surface area contributed by atoms with Gasteiger partial charge in [0.15, 0.2) is 0 Å². The Balaban J connectivity index is 1.90. The van der Waals surface area contributed by atoms with E-state index in [0.717, 1.165) is 11.3 Å². The Labute approximate surface area is 153 Å². The van der Waals surface area contributed by atoms with Gasteiger partial charge in [0.25, 0.3) is 0 Å². The molecule has 0 aliphatic carbocycles. The van der Waals surface area contributed by atoms with Gasteiger partial charge in [0.05, 0.1) is 12.5 Å². The van der Waals surface area contributed by atoms with Gasteiger partial charge in [-0.25, -0.2) is 4.39 Å². The molecule has 5 heteroatoms. The number of rotatable bonds is 5. The van der Waals surface area contributed by atoms with Crippen LogP contribution in [-0.2, 0) is 9.53 Å². The van der Waals surface area contributed by atoms with Crippen LogP contribution in [0, 0.1) is 5.82 Å². The van der Waals surface area contributed by atoms with Gasteiger partial charge in [-0.2, -0.15) is 0 Å². The van der Waals surface area contributed by atoms with Crippen molar-refractivity contribution < 1.29 is 19.0 Å². The van der Waals surface area contributed by atoms with Crippen LogP contribution in [0.1, 0.15) is 57.7 Å². The highest BCUT2D eigenvalue weighted by atomic mass is 19.1. The molecule has 1 unspecified atom stereocenters. The molecule has 3 atom stereocenters. The molecule has 2 heterocycles. The first-order valence-electron chi connectivity index (χ1n) is 9.19. The Hall–Kier alpha value is -2.14. The average Bonchev–Trinajstić information content (AvgIpc) is 3.00. The molecule has 1 saturated heterocycles. The maximum Gasteiger partial charge on any atom is 0.308 e. The van der Waals surface area contributed by atoms with Gasteiger partial charge < -0.3 is 14.4 Å². The highest BCUT2D eigenvalue weighted by molar-refractivity contribution is 5.71. The molecule has 1 aromatic carbocycles. The Bertz CT molecular complexity index is 766. The van der Waals surface area contributed by atoms with Gasteiger partial charge in [-0.15, -0.1) is 0 Å². The third-order valence-corrected chi connectivity index (χ3v) is 4.96. The zero-order valence-corrected chi connectivity index (χ0v) is 15.5. The number of hydrogen-bond acceptors (Lipinski definition) is 3. The van der Waals surface area contributed by atoms with Crippen LogP contribution in [0.3, 0.4) is 0 Å². The van der Waals surface area contributed by atoms with E-state index in [4.69, 9.17) is 4.74 Å². The van der Waals surface area contributed by atoms with Gasteiger partial charge in [-0.05, 0) is 54.8 Å². The summed E-state index contributed by atoms with van der Waals surface area (Å²) in [5, 5.41) is 9.85. The lowest BCUT2D eigenvalue weighted by molar-refractivity contribution is -0.160. The second-order valence-corrected chi connectivity index (χ2v) is 7.47. The van der Waals surface area contributed by atoms with Crippen LogP contribution in [0.25, 0.3) is 11.3 Å². The molecule has 140 valence electrons. The van der Waals surface area contributed by atoms with Crippen LogP contribution in [0.4, 0.5) is 4.39 Å². The van der Waals surface area contributed by atoms with Crippen molar-refractivity contribution >= 4 is 5.97 Å². The van der Waals surface area contributed by atoms with Crippen molar-refractivity contribution in [3.8, 4) is 11.3 Å². The lowest BCUT2D eigenvalue weighted by Gasteiger charge is -2.30. The molecule has 0 saturated carbocycles. The summed E-state index contributed by atoms with van der Waals surface area (Å²) in [6.07, 6.45) is 0.266. The van der Waals surface area contributed by atoms with E-state index < -0.39 is 6.10 Å². The molecule has 0 amide bonds. The molecule has 0 bridgehead atoms. The Morgan fingerprint density at radius 3 is 2.50 bits per heavy atom. The molecule has 0 radical (unpaired) electrons. The van der Waals surface area contributed by atoms with Crippen molar-refractivity contribution in [1.29, 1.82) is 0 Å². The molecular weight excluding hydrogens is 333 g/mol. The first-order chi connectivity index (χ1) is 12.3. The van der Waals surface area contributed by atoms with Crippen molar-refractivity contribution in [3.63, 3.8) is 0 Å². The summed E-state index contributed by atoms with van der Waals surface area (Å²) >= 11 is 0. The minimum absolute atomic E-state index is 0.0746. The number of benzene rings is 1. The van der Waals surface area contributed by atoms with E-state index in [1.807, 2.05) is 0 Å². The summed E-state index contributed by atoms with van der Waals surface area (Å²) in [6, 6.07) is 10.7. The second kappa shape index (κ2) is 7.62. The van der Waals surface area contributed by atoms with Gasteiger partial charge in [0, 0.05) is 30.3 Å². The van der Waals surface area contributed by atoms with Crippen LogP contribution in [0.2, 0.25) is 0 Å². The van der Waals surface area contributed by atoms with E-state index in [1.54, 1.807) is 12.1 Å². The summed E-state index contributed by atoms with van der Waals surface area (Å²) in [6.45, 7) is 6.36. The monoisotopic (exact) mass is 359 g/mol. The normalized spacial score (nSPS) is 21.7. The maximum atomic E-state index is 13.3. The van der Waals surface area contributed by atoms with Crippen molar-refractivity contribution in [1.82, 2.24) is 4.57 Å². The Kier molecular flexibility index (Phi) is 5.47. The predicted molar refractivity (Wildman–Crippen MR) is 98.4 cm³/mol. The predicted octanol–water partition coefficient (Wildman–Crippen LogP) is 4.44. The van der Waals surface area contributed by atoms with E-state index in [0.29, 0.717) is 18.8 Å². The van der Waals surface area contributed by atoms with Crippen LogP contribution in [0.5, 0.6) is 0 Å².